The minimum Gasteiger partial charge on any atom is -0.495 e. The van der Waals surface area contributed by atoms with Gasteiger partial charge in [0.2, 0.25) is 5.43 Å². The predicted octanol–water partition coefficient (Wildman–Crippen LogP) is 3.30. The van der Waals surface area contributed by atoms with E-state index in [1.807, 2.05) is 10.6 Å². The number of carbonyl (C=O) groups excluding carboxylic acids is 1. The molecule has 126 valence electrons. The molecule has 0 aliphatic heterocycles. The Hall–Kier alpha value is -2.56. The maximum atomic E-state index is 12.7. The summed E-state index contributed by atoms with van der Waals surface area (Å²) in [5.74, 6) is 0.0416. The third kappa shape index (κ3) is 2.94. The summed E-state index contributed by atoms with van der Waals surface area (Å²) in [7, 11) is 1.58. The molecule has 0 radical (unpaired) electrons. The van der Waals surface area contributed by atoms with Crippen molar-refractivity contribution in [2.75, 3.05) is 13.7 Å². The van der Waals surface area contributed by atoms with Crippen LogP contribution in [0.25, 0.3) is 10.9 Å². The molecule has 5 heteroatoms. The smallest absolute Gasteiger partial charge is 0.343 e. The molecule has 24 heavy (non-hydrogen) atoms. The highest BCUT2D eigenvalue weighted by Gasteiger charge is 2.19. The fourth-order valence-electron chi connectivity index (χ4n) is 3.17. The van der Waals surface area contributed by atoms with E-state index in [1.54, 1.807) is 32.4 Å². The molecule has 0 fully saturated rings. The summed E-state index contributed by atoms with van der Waals surface area (Å²) >= 11 is 0. The van der Waals surface area contributed by atoms with Crippen molar-refractivity contribution in [3.63, 3.8) is 0 Å². The normalized spacial score (nSPS) is 13.8. The Kier molecular flexibility index (Phi) is 4.69. The lowest BCUT2D eigenvalue weighted by atomic mass is 10.1. The molecule has 2 aromatic rings. The van der Waals surface area contributed by atoms with Crippen LogP contribution in [0.2, 0.25) is 0 Å². The molecule has 0 amide bonds. The van der Waals surface area contributed by atoms with Crippen LogP contribution in [0, 0.1) is 0 Å². The third-order valence-electron chi connectivity index (χ3n) is 4.28. The highest BCUT2D eigenvalue weighted by Crippen LogP contribution is 2.27. The minimum atomic E-state index is -0.582. The summed E-state index contributed by atoms with van der Waals surface area (Å²) in [5, 5.41) is 0.471. The number of hydrogen-bond donors (Lipinski definition) is 0. The molecule has 0 spiro atoms. The highest BCUT2D eigenvalue weighted by atomic mass is 16.5. The van der Waals surface area contributed by atoms with Crippen molar-refractivity contribution >= 4 is 16.9 Å². The van der Waals surface area contributed by atoms with Crippen LogP contribution in [0.1, 0.15) is 36.5 Å². The molecule has 0 bridgehead atoms. The van der Waals surface area contributed by atoms with Gasteiger partial charge in [0, 0.05) is 12.7 Å². The van der Waals surface area contributed by atoms with Gasteiger partial charge in [-0.1, -0.05) is 17.7 Å². The van der Waals surface area contributed by atoms with E-state index in [-0.39, 0.29) is 17.6 Å². The number of allylic oxidation sites excluding steroid dienone is 2. The topological polar surface area (TPSA) is 57.5 Å². The van der Waals surface area contributed by atoms with Crippen molar-refractivity contribution < 1.29 is 14.3 Å². The van der Waals surface area contributed by atoms with Gasteiger partial charge >= 0.3 is 5.97 Å². The first-order valence-electron chi connectivity index (χ1n) is 8.21. The molecule has 0 saturated carbocycles. The van der Waals surface area contributed by atoms with Crippen LogP contribution in [-0.4, -0.2) is 24.3 Å². The van der Waals surface area contributed by atoms with Crippen LogP contribution < -0.4 is 10.2 Å². The molecule has 0 saturated heterocycles. The van der Waals surface area contributed by atoms with Crippen molar-refractivity contribution in [1.29, 1.82) is 0 Å². The van der Waals surface area contributed by atoms with Gasteiger partial charge in [-0.2, -0.15) is 0 Å². The minimum absolute atomic E-state index is 0.0659. The fourth-order valence-corrected chi connectivity index (χ4v) is 3.17. The number of benzene rings is 1. The van der Waals surface area contributed by atoms with Gasteiger partial charge in [-0.05, 0) is 38.3 Å². The van der Waals surface area contributed by atoms with Gasteiger partial charge in [0.25, 0.3) is 0 Å². The number of nitrogens with zero attached hydrogens (tertiary/aromatic N) is 1. The second-order valence-corrected chi connectivity index (χ2v) is 5.83. The number of rotatable bonds is 5. The Morgan fingerprint density at radius 1 is 1.33 bits per heavy atom. The molecule has 1 aromatic heterocycles. The average Bonchev–Trinajstić information content (AvgIpc) is 3.10. The largest absolute Gasteiger partial charge is 0.495 e. The van der Waals surface area contributed by atoms with Crippen LogP contribution >= 0.6 is 0 Å². The Bertz CT molecular complexity index is 864. The average molecular weight is 327 g/mol. The number of aromatic nitrogens is 1. The van der Waals surface area contributed by atoms with Gasteiger partial charge in [0.1, 0.15) is 11.3 Å². The molecular weight excluding hydrogens is 306 g/mol. The lowest BCUT2D eigenvalue weighted by Crippen LogP contribution is -2.21. The fraction of sp³-hybridized carbons (Fsp3) is 0.368. The number of ether oxygens (including phenoxy) is 2. The standard InChI is InChI=1S/C19H21NO4/c1-3-24-19(22)15-12-20(11-13-7-4-5-8-13)17-14(18(15)21)9-6-10-16(17)23-2/h6-7,9-10,12H,3-5,8,11H2,1-2H3. The van der Waals surface area contributed by atoms with Gasteiger partial charge in [0.05, 0.1) is 24.6 Å². The Labute approximate surface area is 140 Å². The van der Waals surface area contributed by atoms with Gasteiger partial charge in [-0.3, -0.25) is 4.79 Å². The number of carbonyl (C=O) groups is 1. The first-order valence-corrected chi connectivity index (χ1v) is 8.21. The first kappa shape index (κ1) is 16.3. The first-order chi connectivity index (χ1) is 11.7. The second kappa shape index (κ2) is 6.91. The lowest BCUT2D eigenvalue weighted by Gasteiger charge is -2.16. The van der Waals surface area contributed by atoms with Gasteiger partial charge in [-0.25, -0.2) is 4.79 Å². The van der Waals surface area contributed by atoms with Gasteiger partial charge in [-0.15, -0.1) is 0 Å². The van der Waals surface area contributed by atoms with Gasteiger partial charge in [0.15, 0.2) is 0 Å². The zero-order valence-electron chi connectivity index (χ0n) is 14.0. The van der Waals surface area contributed by atoms with E-state index in [1.165, 1.54) is 5.57 Å². The van der Waals surface area contributed by atoms with Crippen LogP contribution in [0.5, 0.6) is 5.75 Å². The van der Waals surface area contributed by atoms with E-state index in [0.717, 1.165) is 19.3 Å². The van der Waals surface area contributed by atoms with Crippen LogP contribution in [0.15, 0.2) is 40.8 Å². The number of methoxy groups -OCH3 is 1. The summed E-state index contributed by atoms with van der Waals surface area (Å²) in [5.41, 5.74) is 1.77. The molecule has 0 unspecified atom stereocenters. The maximum absolute atomic E-state index is 12.7. The Morgan fingerprint density at radius 3 is 2.83 bits per heavy atom. The van der Waals surface area contributed by atoms with Crippen LogP contribution in [0.3, 0.4) is 0 Å². The number of pyridine rings is 1. The van der Waals surface area contributed by atoms with E-state index in [0.29, 0.717) is 23.2 Å². The van der Waals surface area contributed by atoms with Gasteiger partial charge < -0.3 is 14.0 Å². The molecule has 0 N–H and O–H groups in total. The summed E-state index contributed by atoms with van der Waals surface area (Å²) in [6, 6.07) is 5.31. The van der Waals surface area contributed by atoms with E-state index in [2.05, 4.69) is 6.08 Å². The summed E-state index contributed by atoms with van der Waals surface area (Å²) < 4.78 is 12.4. The third-order valence-corrected chi connectivity index (χ3v) is 4.28. The molecule has 1 heterocycles. The molecule has 0 atom stereocenters. The summed E-state index contributed by atoms with van der Waals surface area (Å²) in [6.07, 6.45) is 7.09. The quantitative estimate of drug-likeness (QED) is 0.624. The van der Waals surface area contributed by atoms with E-state index in [4.69, 9.17) is 9.47 Å². The highest BCUT2D eigenvalue weighted by molar-refractivity contribution is 5.95. The Balaban J connectivity index is 2.23. The zero-order valence-corrected chi connectivity index (χ0v) is 14.0. The Morgan fingerprint density at radius 2 is 2.17 bits per heavy atom. The van der Waals surface area contributed by atoms with Crippen LogP contribution in [0.4, 0.5) is 0 Å². The number of esters is 1. The van der Waals surface area contributed by atoms with Crippen molar-refractivity contribution in [3.05, 3.63) is 51.8 Å². The summed E-state index contributed by atoms with van der Waals surface area (Å²) in [6.45, 7) is 2.60. The van der Waals surface area contributed by atoms with Crippen molar-refractivity contribution in [1.82, 2.24) is 4.57 Å². The monoisotopic (exact) mass is 327 g/mol. The summed E-state index contributed by atoms with van der Waals surface area (Å²) in [4.78, 5) is 24.9. The van der Waals surface area contributed by atoms with Crippen molar-refractivity contribution in [3.8, 4) is 5.75 Å². The number of para-hydroxylation sites is 1. The van der Waals surface area contributed by atoms with E-state index in [9.17, 15) is 9.59 Å². The van der Waals surface area contributed by atoms with E-state index < -0.39 is 5.97 Å². The van der Waals surface area contributed by atoms with Crippen LogP contribution in [-0.2, 0) is 11.3 Å². The molecule has 1 aliphatic carbocycles. The second-order valence-electron chi connectivity index (χ2n) is 5.83. The maximum Gasteiger partial charge on any atom is 0.343 e. The number of fused-ring (bicyclic) bond motifs is 1. The lowest BCUT2D eigenvalue weighted by molar-refractivity contribution is 0.0524. The molecule has 3 rings (SSSR count). The van der Waals surface area contributed by atoms with Crippen molar-refractivity contribution in [2.45, 2.75) is 32.7 Å². The zero-order chi connectivity index (χ0) is 17.1. The molecule has 1 aromatic carbocycles. The molecule has 5 nitrogen and oxygen atoms in total. The van der Waals surface area contributed by atoms with Crippen molar-refractivity contribution in [2.24, 2.45) is 0 Å². The van der Waals surface area contributed by atoms with E-state index >= 15 is 0 Å². The predicted molar refractivity (Wildman–Crippen MR) is 92.7 cm³/mol. The molecular formula is C19H21NO4. The molecule has 1 aliphatic rings. The number of hydrogen-bond acceptors (Lipinski definition) is 4. The SMILES string of the molecule is CCOC(=O)c1cn(CC2=CCCC2)c2c(OC)cccc2c1=O.